The van der Waals surface area contributed by atoms with Crippen LogP contribution >= 0.6 is 11.6 Å². The summed E-state index contributed by atoms with van der Waals surface area (Å²) in [7, 11) is 0. The number of hydrogen-bond acceptors (Lipinski definition) is 3. The third kappa shape index (κ3) is 3.47. The number of hydrogen-bond donors (Lipinski definition) is 1. The van der Waals surface area contributed by atoms with Gasteiger partial charge in [-0.1, -0.05) is 25.4 Å². The van der Waals surface area contributed by atoms with Crippen LogP contribution in [0.1, 0.15) is 32.2 Å². The second-order valence-corrected chi connectivity index (χ2v) is 4.57. The van der Waals surface area contributed by atoms with Gasteiger partial charge in [-0.15, -0.1) is 0 Å². The molecule has 1 heterocycles. The molecule has 0 amide bonds. The van der Waals surface area contributed by atoms with Crippen LogP contribution in [-0.4, -0.2) is 16.4 Å². The highest BCUT2D eigenvalue weighted by Crippen LogP contribution is 2.19. The SMILES string of the molecule is CCn1nc(C)c(Cl)c1CNOCC(C)C. The summed E-state index contributed by atoms with van der Waals surface area (Å²) in [5.41, 5.74) is 4.76. The molecular formula is C11H20ClN3O. The lowest BCUT2D eigenvalue weighted by molar-refractivity contribution is 0.0184. The van der Waals surface area contributed by atoms with Crippen LogP contribution in [-0.2, 0) is 17.9 Å². The van der Waals surface area contributed by atoms with Crippen molar-refractivity contribution >= 4 is 11.6 Å². The summed E-state index contributed by atoms with van der Waals surface area (Å²) in [6, 6.07) is 0. The largest absolute Gasteiger partial charge is 0.301 e. The van der Waals surface area contributed by atoms with Gasteiger partial charge in [0, 0.05) is 6.54 Å². The van der Waals surface area contributed by atoms with Crippen molar-refractivity contribution in [2.45, 2.75) is 40.8 Å². The minimum Gasteiger partial charge on any atom is -0.301 e. The quantitative estimate of drug-likeness (QED) is 0.619. The highest BCUT2D eigenvalue weighted by Gasteiger charge is 2.11. The van der Waals surface area contributed by atoms with E-state index in [0.29, 0.717) is 19.1 Å². The van der Waals surface area contributed by atoms with Crippen LogP contribution < -0.4 is 5.48 Å². The molecule has 1 aromatic rings. The van der Waals surface area contributed by atoms with Crippen molar-refractivity contribution in [2.75, 3.05) is 6.61 Å². The topological polar surface area (TPSA) is 39.1 Å². The summed E-state index contributed by atoms with van der Waals surface area (Å²) in [5, 5.41) is 5.06. The van der Waals surface area contributed by atoms with E-state index < -0.39 is 0 Å². The molecular weight excluding hydrogens is 226 g/mol. The van der Waals surface area contributed by atoms with Gasteiger partial charge in [0.2, 0.25) is 0 Å². The first-order valence-electron chi connectivity index (χ1n) is 5.62. The lowest BCUT2D eigenvalue weighted by Gasteiger charge is -2.09. The molecule has 0 aromatic carbocycles. The van der Waals surface area contributed by atoms with Gasteiger partial charge in [-0.25, -0.2) is 0 Å². The average Bonchev–Trinajstić information content (AvgIpc) is 2.50. The van der Waals surface area contributed by atoms with E-state index in [2.05, 4.69) is 24.4 Å². The fourth-order valence-corrected chi connectivity index (χ4v) is 1.59. The lowest BCUT2D eigenvalue weighted by atomic mass is 10.2. The molecule has 1 rings (SSSR count). The summed E-state index contributed by atoms with van der Waals surface area (Å²) in [6.07, 6.45) is 0. The maximum absolute atomic E-state index is 6.16. The van der Waals surface area contributed by atoms with Crippen LogP contribution in [0.15, 0.2) is 0 Å². The Morgan fingerprint density at radius 3 is 2.75 bits per heavy atom. The van der Waals surface area contributed by atoms with Gasteiger partial charge in [-0.05, 0) is 19.8 Å². The minimum absolute atomic E-state index is 0.515. The summed E-state index contributed by atoms with van der Waals surface area (Å²) in [5.74, 6) is 0.515. The molecule has 0 fully saturated rings. The highest BCUT2D eigenvalue weighted by molar-refractivity contribution is 6.31. The molecule has 0 saturated carbocycles. The number of aryl methyl sites for hydroxylation is 2. The first kappa shape index (κ1) is 13.5. The average molecular weight is 246 g/mol. The molecule has 1 N–H and O–H groups in total. The molecule has 4 nitrogen and oxygen atoms in total. The van der Waals surface area contributed by atoms with E-state index in [-0.39, 0.29) is 0 Å². The van der Waals surface area contributed by atoms with Crippen molar-refractivity contribution in [2.24, 2.45) is 5.92 Å². The van der Waals surface area contributed by atoms with E-state index in [4.69, 9.17) is 16.4 Å². The Labute approximate surface area is 102 Å². The Kier molecular flexibility index (Phi) is 5.25. The number of nitrogens with one attached hydrogen (secondary N) is 1. The van der Waals surface area contributed by atoms with Crippen molar-refractivity contribution < 1.29 is 4.84 Å². The standard InChI is InChI=1S/C11H20ClN3O/c1-5-15-10(11(12)9(4)14-15)6-13-16-7-8(2)3/h8,13H,5-7H2,1-4H3. The fraction of sp³-hybridized carbons (Fsp3) is 0.727. The molecule has 0 bridgehead atoms. The van der Waals surface area contributed by atoms with E-state index in [0.717, 1.165) is 23.0 Å². The minimum atomic E-state index is 0.515. The molecule has 0 aliphatic heterocycles. The smallest absolute Gasteiger partial charge is 0.0861 e. The van der Waals surface area contributed by atoms with E-state index >= 15 is 0 Å². The molecule has 0 saturated heterocycles. The molecule has 0 atom stereocenters. The normalized spacial score (nSPS) is 11.4. The Morgan fingerprint density at radius 1 is 1.50 bits per heavy atom. The Bertz CT molecular complexity index is 336. The molecule has 16 heavy (non-hydrogen) atoms. The van der Waals surface area contributed by atoms with Gasteiger partial charge in [-0.2, -0.15) is 10.6 Å². The highest BCUT2D eigenvalue weighted by atomic mass is 35.5. The van der Waals surface area contributed by atoms with Gasteiger partial charge in [-0.3, -0.25) is 4.68 Å². The van der Waals surface area contributed by atoms with Gasteiger partial charge >= 0.3 is 0 Å². The summed E-state index contributed by atoms with van der Waals surface area (Å²) in [6.45, 7) is 10.3. The Morgan fingerprint density at radius 2 is 2.19 bits per heavy atom. The first-order chi connectivity index (χ1) is 7.56. The number of aromatic nitrogens is 2. The zero-order chi connectivity index (χ0) is 12.1. The molecule has 5 heteroatoms. The summed E-state index contributed by atoms with van der Waals surface area (Å²) >= 11 is 6.16. The van der Waals surface area contributed by atoms with Gasteiger partial charge < -0.3 is 4.84 Å². The van der Waals surface area contributed by atoms with Crippen LogP contribution in [0.3, 0.4) is 0 Å². The third-order valence-corrected chi connectivity index (χ3v) is 2.70. The van der Waals surface area contributed by atoms with Crippen LogP contribution in [0.25, 0.3) is 0 Å². The molecule has 0 aliphatic rings. The summed E-state index contributed by atoms with van der Waals surface area (Å²) < 4.78 is 1.89. The van der Waals surface area contributed by atoms with Crippen LogP contribution in [0.4, 0.5) is 0 Å². The zero-order valence-corrected chi connectivity index (χ0v) is 11.1. The second kappa shape index (κ2) is 6.23. The predicted octanol–water partition coefficient (Wildman–Crippen LogP) is 2.54. The third-order valence-electron chi connectivity index (χ3n) is 2.21. The second-order valence-electron chi connectivity index (χ2n) is 4.19. The molecule has 0 spiro atoms. The van der Waals surface area contributed by atoms with Crippen LogP contribution in [0.5, 0.6) is 0 Å². The number of nitrogens with zero attached hydrogens (tertiary/aromatic N) is 2. The number of halogens is 1. The first-order valence-corrected chi connectivity index (χ1v) is 6.00. The maximum Gasteiger partial charge on any atom is 0.0861 e. The van der Waals surface area contributed by atoms with Crippen LogP contribution in [0.2, 0.25) is 5.02 Å². The van der Waals surface area contributed by atoms with E-state index in [1.54, 1.807) is 0 Å². The van der Waals surface area contributed by atoms with Crippen LogP contribution in [0, 0.1) is 12.8 Å². The Hall–Kier alpha value is -0.580. The van der Waals surface area contributed by atoms with Gasteiger partial charge in [0.15, 0.2) is 0 Å². The van der Waals surface area contributed by atoms with Crippen molar-refractivity contribution in [3.8, 4) is 0 Å². The van der Waals surface area contributed by atoms with E-state index in [1.807, 2.05) is 18.5 Å². The van der Waals surface area contributed by atoms with Crippen molar-refractivity contribution in [1.29, 1.82) is 0 Å². The van der Waals surface area contributed by atoms with Gasteiger partial charge in [0.1, 0.15) is 0 Å². The van der Waals surface area contributed by atoms with Crippen molar-refractivity contribution in [3.63, 3.8) is 0 Å². The van der Waals surface area contributed by atoms with Crippen molar-refractivity contribution in [3.05, 3.63) is 16.4 Å². The predicted molar refractivity (Wildman–Crippen MR) is 65.3 cm³/mol. The Balaban J connectivity index is 2.52. The number of hydroxylamine groups is 1. The van der Waals surface area contributed by atoms with E-state index in [1.165, 1.54) is 0 Å². The lowest BCUT2D eigenvalue weighted by Crippen LogP contribution is -2.19. The monoisotopic (exact) mass is 245 g/mol. The van der Waals surface area contributed by atoms with Gasteiger partial charge in [0.25, 0.3) is 0 Å². The molecule has 1 aromatic heterocycles. The zero-order valence-electron chi connectivity index (χ0n) is 10.4. The van der Waals surface area contributed by atoms with Gasteiger partial charge in [0.05, 0.1) is 29.6 Å². The van der Waals surface area contributed by atoms with Crippen molar-refractivity contribution in [1.82, 2.24) is 15.3 Å². The molecule has 92 valence electrons. The van der Waals surface area contributed by atoms with E-state index in [9.17, 15) is 0 Å². The fourth-order valence-electron chi connectivity index (χ4n) is 1.38. The molecule has 0 radical (unpaired) electrons. The molecule has 0 unspecified atom stereocenters. The molecule has 0 aliphatic carbocycles. The summed E-state index contributed by atoms with van der Waals surface area (Å²) in [4.78, 5) is 5.31. The maximum atomic E-state index is 6.16. The number of rotatable bonds is 6.